The molecule has 0 radical (unpaired) electrons. The molecule has 3 heteroatoms. The molecule has 0 aromatic heterocycles. The van der Waals surface area contributed by atoms with Crippen molar-refractivity contribution in [2.24, 2.45) is 0 Å². The van der Waals surface area contributed by atoms with Crippen molar-refractivity contribution in [2.75, 3.05) is 6.79 Å². The second kappa shape index (κ2) is 3.25. The summed E-state index contributed by atoms with van der Waals surface area (Å²) in [5.74, 6) is 1.61. The SMILES string of the molecule is CC=Cc1cc2c(c(C)c1O)OCO2. The van der Waals surface area contributed by atoms with Crippen LogP contribution in [0.5, 0.6) is 17.2 Å². The molecule has 0 saturated carbocycles. The zero-order valence-corrected chi connectivity index (χ0v) is 8.20. The third-order valence-corrected chi connectivity index (χ3v) is 2.24. The lowest BCUT2D eigenvalue weighted by molar-refractivity contribution is 0.173. The molecule has 0 spiro atoms. The number of fused-ring (bicyclic) bond motifs is 1. The number of hydrogen-bond acceptors (Lipinski definition) is 3. The van der Waals surface area contributed by atoms with Crippen LogP contribution in [0, 0.1) is 6.92 Å². The Bertz CT molecular complexity index is 394. The fraction of sp³-hybridized carbons (Fsp3) is 0.273. The van der Waals surface area contributed by atoms with Crippen molar-refractivity contribution >= 4 is 6.08 Å². The Morgan fingerprint density at radius 1 is 1.43 bits per heavy atom. The molecule has 1 N–H and O–H groups in total. The zero-order chi connectivity index (χ0) is 10.1. The third-order valence-electron chi connectivity index (χ3n) is 2.24. The minimum Gasteiger partial charge on any atom is -0.507 e. The zero-order valence-electron chi connectivity index (χ0n) is 8.20. The molecule has 1 aromatic rings. The van der Waals surface area contributed by atoms with Crippen LogP contribution in [0.15, 0.2) is 12.1 Å². The van der Waals surface area contributed by atoms with Gasteiger partial charge in [0.15, 0.2) is 11.5 Å². The minimum atomic E-state index is 0.231. The number of aromatic hydroxyl groups is 1. The van der Waals surface area contributed by atoms with Gasteiger partial charge in [-0.05, 0) is 19.9 Å². The highest BCUT2D eigenvalue weighted by Gasteiger charge is 2.20. The molecule has 0 unspecified atom stereocenters. The van der Waals surface area contributed by atoms with Gasteiger partial charge in [0, 0.05) is 11.1 Å². The van der Waals surface area contributed by atoms with E-state index in [9.17, 15) is 5.11 Å². The van der Waals surface area contributed by atoms with Crippen LogP contribution >= 0.6 is 0 Å². The Morgan fingerprint density at radius 2 is 2.21 bits per heavy atom. The number of rotatable bonds is 1. The first-order valence-electron chi connectivity index (χ1n) is 4.49. The molecule has 0 amide bonds. The maximum Gasteiger partial charge on any atom is 0.231 e. The van der Waals surface area contributed by atoms with Gasteiger partial charge in [0.1, 0.15) is 5.75 Å². The molecule has 1 aromatic carbocycles. The molecule has 0 atom stereocenters. The highest BCUT2D eigenvalue weighted by Crippen LogP contribution is 2.42. The van der Waals surface area contributed by atoms with Gasteiger partial charge < -0.3 is 14.6 Å². The highest BCUT2D eigenvalue weighted by molar-refractivity contribution is 5.67. The van der Waals surface area contributed by atoms with Crippen molar-refractivity contribution in [3.63, 3.8) is 0 Å². The summed E-state index contributed by atoms with van der Waals surface area (Å²) in [6.45, 7) is 3.95. The molecule has 2 rings (SSSR count). The monoisotopic (exact) mass is 192 g/mol. The van der Waals surface area contributed by atoms with Crippen LogP contribution in [0.4, 0.5) is 0 Å². The Hall–Kier alpha value is -1.64. The first-order chi connectivity index (χ1) is 6.74. The number of phenolic OH excluding ortho intramolecular Hbond substituents is 1. The Morgan fingerprint density at radius 3 is 2.93 bits per heavy atom. The van der Waals surface area contributed by atoms with E-state index < -0.39 is 0 Å². The standard InChI is InChI=1S/C11H12O3/c1-3-4-8-5-9-11(14-6-13-9)7(2)10(8)12/h3-5,12H,6H2,1-2H3. The molecule has 1 aliphatic heterocycles. The van der Waals surface area contributed by atoms with Crippen LogP contribution in [0.1, 0.15) is 18.1 Å². The fourth-order valence-electron chi connectivity index (χ4n) is 1.53. The van der Waals surface area contributed by atoms with Gasteiger partial charge in [0.25, 0.3) is 0 Å². The van der Waals surface area contributed by atoms with Gasteiger partial charge in [0.2, 0.25) is 6.79 Å². The van der Waals surface area contributed by atoms with Gasteiger partial charge in [-0.3, -0.25) is 0 Å². The number of allylic oxidation sites excluding steroid dienone is 1. The number of benzene rings is 1. The molecule has 0 fully saturated rings. The second-order valence-corrected chi connectivity index (χ2v) is 3.17. The normalized spacial score (nSPS) is 13.9. The van der Waals surface area contributed by atoms with Crippen LogP contribution < -0.4 is 9.47 Å². The van der Waals surface area contributed by atoms with Gasteiger partial charge in [-0.15, -0.1) is 0 Å². The third kappa shape index (κ3) is 1.21. The number of ether oxygens (including phenoxy) is 2. The Labute approximate surface area is 82.6 Å². The van der Waals surface area contributed by atoms with Crippen LogP contribution in [0.3, 0.4) is 0 Å². The van der Waals surface area contributed by atoms with E-state index in [1.165, 1.54) is 0 Å². The van der Waals surface area contributed by atoms with Crippen molar-refractivity contribution in [3.05, 3.63) is 23.3 Å². The maximum atomic E-state index is 9.81. The summed E-state index contributed by atoms with van der Waals surface area (Å²) in [6, 6.07) is 1.78. The highest BCUT2D eigenvalue weighted by atomic mass is 16.7. The molecule has 0 bridgehead atoms. The quantitative estimate of drug-likeness (QED) is 0.742. The fourth-order valence-corrected chi connectivity index (χ4v) is 1.53. The van der Waals surface area contributed by atoms with Crippen LogP contribution in [-0.2, 0) is 0 Å². The predicted molar refractivity (Wildman–Crippen MR) is 53.7 cm³/mol. The van der Waals surface area contributed by atoms with E-state index in [1.807, 2.05) is 26.0 Å². The second-order valence-electron chi connectivity index (χ2n) is 3.17. The average molecular weight is 192 g/mol. The van der Waals surface area contributed by atoms with Crippen LogP contribution in [0.25, 0.3) is 6.08 Å². The van der Waals surface area contributed by atoms with Gasteiger partial charge in [0.05, 0.1) is 0 Å². The summed E-state index contributed by atoms with van der Waals surface area (Å²) < 4.78 is 10.5. The molecular weight excluding hydrogens is 180 g/mol. The van der Waals surface area contributed by atoms with Crippen molar-refractivity contribution in [3.8, 4) is 17.2 Å². The topological polar surface area (TPSA) is 38.7 Å². The molecular formula is C11H12O3. The smallest absolute Gasteiger partial charge is 0.231 e. The van der Waals surface area contributed by atoms with E-state index in [0.717, 1.165) is 11.1 Å². The van der Waals surface area contributed by atoms with E-state index in [0.29, 0.717) is 11.5 Å². The molecule has 0 aliphatic carbocycles. The number of phenols is 1. The minimum absolute atomic E-state index is 0.231. The largest absolute Gasteiger partial charge is 0.507 e. The predicted octanol–water partition coefficient (Wildman–Crippen LogP) is 2.46. The van der Waals surface area contributed by atoms with Gasteiger partial charge in [-0.1, -0.05) is 12.2 Å². The molecule has 3 nitrogen and oxygen atoms in total. The van der Waals surface area contributed by atoms with E-state index in [2.05, 4.69) is 0 Å². The van der Waals surface area contributed by atoms with Crippen molar-refractivity contribution < 1.29 is 14.6 Å². The van der Waals surface area contributed by atoms with E-state index in [1.54, 1.807) is 6.07 Å². The molecule has 1 heterocycles. The summed E-state index contributed by atoms with van der Waals surface area (Å²) in [4.78, 5) is 0. The van der Waals surface area contributed by atoms with Gasteiger partial charge in [-0.25, -0.2) is 0 Å². The summed E-state index contributed by atoms with van der Waals surface area (Å²) in [7, 11) is 0. The Balaban J connectivity index is 2.60. The number of hydrogen-bond donors (Lipinski definition) is 1. The van der Waals surface area contributed by atoms with Crippen molar-refractivity contribution in [2.45, 2.75) is 13.8 Å². The lowest BCUT2D eigenvalue weighted by atomic mass is 10.1. The van der Waals surface area contributed by atoms with Gasteiger partial charge in [-0.2, -0.15) is 0 Å². The molecule has 74 valence electrons. The lowest BCUT2D eigenvalue weighted by Gasteiger charge is -2.06. The van der Waals surface area contributed by atoms with Crippen LogP contribution in [-0.4, -0.2) is 11.9 Å². The average Bonchev–Trinajstić information content (AvgIpc) is 2.62. The van der Waals surface area contributed by atoms with Crippen molar-refractivity contribution in [1.82, 2.24) is 0 Å². The molecule has 14 heavy (non-hydrogen) atoms. The summed E-state index contributed by atoms with van der Waals surface area (Å²) >= 11 is 0. The molecule has 0 saturated heterocycles. The van der Waals surface area contributed by atoms with E-state index >= 15 is 0 Å². The van der Waals surface area contributed by atoms with Gasteiger partial charge >= 0.3 is 0 Å². The maximum absolute atomic E-state index is 9.81. The summed E-state index contributed by atoms with van der Waals surface area (Å²) in [6.07, 6.45) is 3.71. The first kappa shape index (κ1) is 8.94. The molecule has 1 aliphatic rings. The van der Waals surface area contributed by atoms with E-state index in [4.69, 9.17) is 9.47 Å². The Kier molecular flexibility index (Phi) is 2.08. The summed E-state index contributed by atoms with van der Waals surface area (Å²) in [5.41, 5.74) is 1.49. The lowest BCUT2D eigenvalue weighted by Crippen LogP contribution is -1.93. The van der Waals surface area contributed by atoms with Crippen molar-refractivity contribution in [1.29, 1.82) is 0 Å². The first-order valence-corrected chi connectivity index (χ1v) is 4.49. The van der Waals surface area contributed by atoms with E-state index in [-0.39, 0.29) is 12.5 Å². The summed E-state index contributed by atoms with van der Waals surface area (Å²) in [5, 5.41) is 9.81. The van der Waals surface area contributed by atoms with Crippen LogP contribution in [0.2, 0.25) is 0 Å².